The number of hydrogen-bond acceptors (Lipinski definition) is 4. The summed E-state index contributed by atoms with van der Waals surface area (Å²) in [6, 6.07) is 5.51. The number of aromatic nitrogens is 1. The number of carbonyl (C=O) groups excluding carboxylic acids is 1. The number of carbonyl (C=O) groups is 1. The van der Waals surface area contributed by atoms with Gasteiger partial charge in [0, 0.05) is 11.8 Å². The first kappa shape index (κ1) is 18.0. The van der Waals surface area contributed by atoms with Gasteiger partial charge >= 0.3 is 0 Å². The van der Waals surface area contributed by atoms with E-state index in [1.165, 1.54) is 26.0 Å². The van der Waals surface area contributed by atoms with Gasteiger partial charge < -0.3 is 9.47 Å². The standard InChI is InChI=1S/C19H19Cl2NO3/c1-11(23)17-14(20)10-22-19(18(17)21)12-7-8-15(24-2)16(9-12)25-13-5-3-4-6-13/h7-10,13H,3-6H2,1-2H3. The van der Waals surface area contributed by atoms with Gasteiger partial charge in [0.1, 0.15) is 0 Å². The third-order valence-corrected chi connectivity index (χ3v) is 5.01. The molecule has 0 amide bonds. The molecule has 1 aromatic carbocycles. The molecule has 4 nitrogen and oxygen atoms in total. The molecule has 0 radical (unpaired) electrons. The monoisotopic (exact) mass is 379 g/mol. The van der Waals surface area contributed by atoms with Crippen molar-refractivity contribution in [2.24, 2.45) is 0 Å². The second-order valence-corrected chi connectivity index (χ2v) is 6.88. The third-order valence-electron chi connectivity index (χ3n) is 4.36. The molecule has 6 heteroatoms. The van der Waals surface area contributed by atoms with Crippen LogP contribution in [0.2, 0.25) is 10.0 Å². The van der Waals surface area contributed by atoms with Crippen molar-refractivity contribution in [1.29, 1.82) is 0 Å². The molecule has 3 rings (SSSR count). The fraction of sp³-hybridized carbons (Fsp3) is 0.368. The van der Waals surface area contributed by atoms with Crippen molar-refractivity contribution in [1.82, 2.24) is 4.98 Å². The summed E-state index contributed by atoms with van der Waals surface area (Å²) >= 11 is 12.5. The molecule has 0 atom stereocenters. The maximum absolute atomic E-state index is 11.8. The molecule has 0 spiro atoms. The van der Waals surface area contributed by atoms with Gasteiger partial charge in [-0.15, -0.1) is 0 Å². The number of pyridine rings is 1. The Balaban J connectivity index is 2.03. The van der Waals surface area contributed by atoms with Crippen LogP contribution in [0, 0.1) is 0 Å². The third kappa shape index (κ3) is 3.75. The molecule has 1 aliphatic rings. The molecular formula is C19H19Cl2NO3. The van der Waals surface area contributed by atoms with Gasteiger partial charge in [-0.05, 0) is 50.8 Å². The molecule has 1 aliphatic carbocycles. The maximum atomic E-state index is 11.8. The first-order chi connectivity index (χ1) is 12.0. The molecule has 0 unspecified atom stereocenters. The van der Waals surface area contributed by atoms with Crippen molar-refractivity contribution in [2.45, 2.75) is 38.7 Å². The lowest BCUT2D eigenvalue weighted by Crippen LogP contribution is -2.11. The van der Waals surface area contributed by atoms with Crippen molar-refractivity contribution in [3.63, 3.8) is 0 Å². The molecule has 0 N–H and O–H groups in total. The van der Waals surface area contributed by atoms with E-state index in [1.54, 1.807) is 7.11 Å². The minimum atomic E-state index is -0.199. The van der Waals surface area contributed by atoms with Gasteiger partial charge in [0.05, 0.1) is 34.5 Å². The predicted molar refractivity (Wildman–Crippen MR) is 99.1 cm³/mol. The fourth-order valence-electron chi connectivity index (χ4n) is 3.09. The molecule has 0 saturated heterocycles. The molecule has 1 aromatic heterocycles. The van der Waals surface area contributed by atoms with Crippen LogP contribution < -0.4 is 9.47 Å². The Morgan fingerprint density at radius 3 is 2.56 bits per heavy atom. The number of nitrogens with zero attached hydrogens (tertiary/aromatic N) is 1. The van der Waals surface area contributed by atoms with Gasteiger partial charge in [0.2, 0.25) is 0 Å². The summed E-state index contributed by atoms with van der Waals surface area (Å²) in [5.74, 6) is 1.12. The lowest BCUT2D eigenvalue weighted by atomic mass is 10.1. The molecule has 1 heterocycles. The van der Waals surface area contributed by atoms with E-state index in [9.17, 15) is 4.79 Å². The maximum Gasteiger partial charge on any atom is 0.162 e. The van der Waals surface area contributed by atoms with Crippen LogP contribution in [0.1, 0.15) is 43.0 Å². The number of Topliss-reactive ketones (excluding diaryl/α,β-unsaturated/α-hetero) is 1. The van der Waals surface area contributed by atoms with Gasteiger partial charge in [-0.3, -0.25) is 9.78 Å². The summed E-state index contributed by atoms with van der Waals surface area (Å²) < 4.78 is 11.5. The van der Waals surface area contributed by atoms with E-state index in [1.807, 2.05) is 18.2 Å². The highest BCUT2D eigenvalue weighted by Gasteiger charge is 2.21. The van der Waals surface area contributed by atoms with Gasteiger partial charge in [-0.2, -0.15) is 0 Å². The number of hydrogen-bond donors (Lipinski definition) is 0. The second-order valence-electron chi connectivity index (χ2n) is 6.09. The molecule has 1 saturated carbocycles. The molecule has 2 aromatic rings. The Hall–Kier alpha value is -1.78. The van der Waals surface area contributed by atoms with E-state index in [4.69, 9.17) is 32.7 Å². The number of benzene rings is 1. The van der Waals surface area contributed by atoms with Crippen LogP contribution in [0.3, 0.4) is 0 Å². The van der Waals surface area contributed by atoms with Crippen molar-refractivity contribution < 1.29 is 14.3 Å². The number of ether oxygens (including phenoxy) is 2. The Kier molecular flexibility index (Phi) is 5.50. The van der Waals surface area contributed by atoms with E-state index in [0.717, 1.165) is 18.4 Å². The molecule has 0 aliphatic heterocycles. The normalized spacial score (nSPS) is 14.6. The van der Waals surface area contributed by atoms with Crippen LogP contribution in [0.25, 0.3) is 11.3 Å². The summed E-state index contributed by atoms with van der Waals surface area (Å²) in [4.78, 5) is 16.1. The van der Waals surface area contributed by atoms with Crippen LogP contribution >= 0.6 is 23.2 Å². The smallest absolute Gasteiger partial charge is 0.162 e. The lowest BCUT2D eigenvalue weighted by Gasteiger charge is -2.17. The van der Waals surface area contributed by atoms with Crippen molar-refractivity contribution in [3.8, 4) is 22.8 Å². The van der Waals surface area contributed by atoms with Crippen LogP contribution in [-0.4, -0.2) is 24.0 Å². The van der Waals surface area contributed by atoms with Crippen LogP contribution in [0.15, 0.2) is 24.4 Å². The largest absolute Gasteiger partial charge is 0.493 e. The summed E-state index contributed by atoms with van der Waals surface area (Å²) in [5, 5.41) is 0.495. The highest BCUT2D eigenvalue weighted by molar-refractivity contribution is 6.41. The molecule has 132 valence electrons. The second kappa shape index (κ2) is 7.63. The Labute approximate surface area is 157 Å². The minimum absolute atomic E-state index is 0.199. The zero-order chi connectivity index (χ0) is 18.0. The molecule has 1 fully saturated rings. The number of ketones is 1. The van der Waals surface area contributed by atoms with Gasteiger partial charge in [-0.25, -0.2) is 0 Å². The summed E-state index contributed by atoms with van der Waals surface area (Å²) in [7, 11) is 1.61. The average Bonchev–Trinajstić information content (AvgIpc) is 3.07. The van der Waals surface area contributed by atoms with Gasteiger partial charge in [0.15, 0.2) is 17.3 Å². The summed E-state index contributed by atoms with van der Waals surface area (Å²) in [6.07, 6.45) is 6.09. The SMILES string of the molecule is COc1ccc(-c2ncc(Cl)c(C(C)=O)c2Cl)cc1OC1CCCC1. The van der Waals surface area contributed by atoms with E-state index >= 15 is 0 Å². The molecule has 25 heavy (non-hydrogen) atoms. The highest BCUT2D eigenvalue weighted by Crippen LogP contribution is 2.38. The van der Waals surface area contributed by atoms with Crippen LogP contribution in [0.4, 0.5) is 0 Å². The predicted octanol–water partition coefficient (Wildman–Crippen LogP) is 5.59. The van der Waals surface area contributed by atoms with E-state index in [0.29, 0.717) is 17.2 Å². The Morgan fingerprint density at radius 1 is 1.20 bits per heavy atom. The Morgan fingerprint density at radius 2 is 1.92 bits per heavy atom. The molecular weight excluding hydrogens is 361 g/mol. The average molecular weight is 380 g/mol. The summed E-state index contributed by atoms with van der Waals surface area (Å²) in [6.45, 7) is 1.43. The first-order valence-corrected chi connectivity index (χ1v) is 8.97. The number of rotatable bonds is 5. The van der Waals surface area contributed by atoms with Crippen molar-refractivity contribution in [2.75, 3.05) is 7.11 Å². The fourth-order valence-corrected chi connectivity index (χ4v) is 3.81. The van der Waals surface area contributed by atoms with Crippen molar-refractivity contribution in [3.05, 3.63) is 40.0 Å². The number of halogens is 2. The van der Waals surface area contributed by atoms with Gasteiger partial charge in [-0.1, -0.05) is 23.2 Å². The zero-order valence-electron chi connectivity index (χ0n) is 14.1. The lowest BCUT2D eigenvalue weighted by molar-refractivity contribution is 0.101. The topological polar surface area (TPSA) is 48.4 Å². The Bertz CT molecular complexity index is 801. The number of methoxy groups -OCH3 is 1. The van der Waals surface area contributed by atoms with E-state index in [-0.39, 0.29) is 27.5 Å². The summed E-state index contributed by atoms with van der Waals surface area (Å²) in [5.41, 5.74) is 1.52. The zero-order valence-corrected chi connectivity index (χ0v) is 15.7. The van der Waals surface area contributed by atoms with Gasteiger partial charge in [0.25, 0.3) is 0 Å². The van der Waals surface area contributed by atoms with E-state index in [2.05, 4.69) is 4.98 Å². The highest BCUT2D eigenvalue weighted by atomic mass is 35.5. The molecule has 0 bridgehead atoms. The first-order valence-electron chi connectivity index (χ1n) is 8.21. The quantitative estimate of drug-likeness (QED) is 0.635. The minimum Gasteiger partial charge on any atom is -0.493 e. The van der Waals surface area contributed by atoms with Crippen LogP contribution in [-0.2, 0) is 0 Å². The van der Waals surface area contributed by atoms with E-state index < -0.39 is 0 Å². The van der Waals surface area contributed by atoms with Crippen molar-refractivity contribution >= 4 is 29.0 Å². The van der Waals surface area contributed by atoms with Crippen LogP contribution in [0.5, 0.6) is 11.5 Å².